The van der Waals surface area contributed by atoms with Crippen molar-refractivity contribution in [1.82, 2.24) is 20.2 Å². The SMILES string of the molecule is Cc1sc2nc(C(C)N3CCCC(CNC(=O)OC(C)(C)C)C3)[nH]c(=O)c2c1C. The number of rotatable bonds is 4. The van der Waals surface area contributed by atoms with Gasteiger partial charge in [-0.05, 0) is 72.4 Å². The van der Waals surface area contributed by atoms with Crippen LogP contribution in [0.2, 0.25) is 0 Å². The summed E-state index contributed by atoms with van der Waals surface area (Å²) in [5.74, 6) is 1.06. The van der Waals surface area contributed by atoms with E-state index in [2.05, 4.69) is 22.1 Å². The largest absolute Gasteiger partial charge is 0.444 e. The molecule has 1 aliphatic heterocycles. The number of carbonyl (C=O) groups is 1. The molecule has 0 radical (unpaired) electrons. The predicted octanol–water partition coefficient (Wildman–Crippen LogP) is 3.90. The molecule has 2 atom stereocenters. The van der Waals surface area contributed by atoms with E-state index < -0.39 is 5.60 Å². The number of hydrogen-bond acceptors (Lipinski definition) is 6. The molecule has 7 nitrogen and oxygen atoms in total. The van der Waals surface area contributed by atoms with Gasteiger partial charge in [0.2, 0.25) is 0 Å². The monoisotopic (exact) mass is 420 g/mol. The number of aromatic nitrogens is 2. The third-order valence-corrected chi connectivity index (χ3v) is 6.59. The number of alkyl carbamates (subject to hydrolysis) is 1. The number of aryl methyl sites for hydroxylation is 2. The lowest BCUT2D eigenvalue weighted by Gasteiger charge is -2.36. The summed E-state index contributed by atoms with van der Waals surface area (Å²) < 4.78 is 5.33. The van der Waals surface area contributed by atoms with Crippen LogP contribution in [0, 0.1) is 19.8 Å². The number of nitrogens with zero attached hydrogens (tertiary/aromatic N) is 2. The van der Waals surface area contributed by atoms with Gasteiger partial charge in [0.15, 0.2) is 0 Å². The molecule has 2 unspecified atom stereocenters. The summed E-state index contributed by atoms with van der Waals surface area (Å²) >= 11 is 1.58. The number of likely N-dealkylation sites (tertiary alicyclic amines) is 1. The van der Waals surface area contributed by atoms with Crippen molar-refractivity contribution in [2.75, 3.05) is 19.6 Å². The maximum Gasteiger partial charge on any atom is 0.407 e. The van der Waals surface area contributed by atoms with Crippen molar-refractivity contribution in [3.05, 3.63) is 26.6 Å². The molecule has 2 aromatic heterocycles. The third kappa shape index (κ3) is 5.17. The highest BCUT2D eigenvalue weighted by Crippen LogP contribution is 2.29. The zero-order valence-electron chi connectivity index (χ0n) is 18.2. The van der Waals surface area contributed by atoms with Gasteiger partial charge < -0.3 is 15.0 Å². The van der Waals surface area contributed by atoms with Crippen LogP contribution in [0.1, 0.15) is 62.8 Å². The molecule has 1 saturated heterocycles. The quantitative estimate of drug-likeness (QED) is 0.783. The van der Waals surface area contributed by atoms with E-state index >= 15 is 0 Å². The number of ether oxygens (including phenoxy) is 1. The molecule has 2 N–H and O–H groups in total. The second kappa shape index (κ2) is 8.44. The average Bonchev–Trinajstić information content (AvgIpc) is 2.92. The Kier molecular flexibility index (Phi) is 6.33. The molecule has 0 spiro atoms. The van der Waals surface area contributed by atoms with E-state index in [0.717, 1.165) is 41.2 Å². The van der Waals surface area contributed by atoms with Gasteiger partial charge in [-0.1, -0.05) is 0 Å². The molecular weight excluding hydrogens is 388 g/mol. The zero-order valence-corrected chi connectivity index (χ0v) is 19.0. The van der Waals surface area contributed by atoms with Gasteiger partial charge in [-0.25, -0.2) is 9.78 Å². The van der Waals surface area contributed by atoms with Gasteiger partial charge in [-0.3, -0.25) is 9.69 Å². The molecule has 8 heteroatoms. The predicted molar refractivity (Wildman–Crippen MR) is 117 cm³/mol. The van der Waals surface area contributed by atoms with Crippen LogP contribution in [0.25, 0.3) is 10.2 Å². The summed E-state index contributed by atoms with van der Waals surface area (Å²) in [6, 6.07) is 0.0131. The Balaban J connectivity index is 1.67. The zero-order chi connectivity index (χ0) is 21.3. The number of amides is 1. The Morgan fingerprint density at radius 1 is 1.41 bits per heavy atom. The fourth-order valence-electron chi connectivity index (χ4n) is 3.80. The number of aromatic amines is 1. The van der Waals surface area contributed by atoms with Crippen LogP contribution in [0.15, 0.2) is 4.79 Å². The lowest BCUT2D eigenvalue weighted by molar-refractivity contribution is 0.0500. The Morgan fingerprint density at radius 2 is 2.14 bits per heavy atom. The number of piperidine rings is 1. The number of fused-ring (bicyclic) bond motifs is 1. The van der Waals surface area contributed by atoms with Crippen LogP contribution < -0.4 is 10.9 Å². The second-order valence-corrected chi connectivity index (χ2v) is 10.2. The molecule has 0 bridgehead atoms. The maximum absolute atomic E-state index is 12.6. The van der Waals surface area contributed by atoms with Crippen LogP contribution in [0.3, 0.4) is 0 Å². The van der Waals surface area contributed by atoms with Crippen molar-refractivity contribution in [1.29, 1.82) is 0 Å². The normalized spacial score (nSPS) is 19.3. The molecule has 1 fully saturated rings. The lowest BCUT2D eigenvalue weighted by atomic mass is 9.96. The Bertz CT molecular complexity index is 944. The van der Waals surface area contributed by atoms with Crippen molar-refractivity contribution >= 4 is 27.6 Å². The second-order valence-electron chi connectivity index (χ2n) is 8.98. The molecule has 1 amide bonds. The number of carbonyl (C=O) groups excluding carboxylic acids is 1. The van der Waals surface area contributed by atoms with E-state index in [1.807, 2.05) is 34.6 Å². The van der Waals surface area contributed by atoms with E-state index in [-0.39, 0.29) is 17.7 Å². The standard InChI is InChI=1S/C21H32N4O3S/c1-12-14(3)29-19-16(12)18(26)23-17(24-19)13(2)25-9-7-8-15(11-25)10-22-20(27)28-21(4,5)6/h13,15H,7-11H2,1-6H3,(H,22,27)(H,23,24,26). The highest BCUT2D eigenvalue weighted by molar-refractivity contribution is 7.18. The van der Waals surface area contributed by atoms with Crippen molar-refractivity contribution in [2.45, 2.75) is 66.0 Å². The Labute approximate surface area is 175 Å². The number of hydrogen-bond donors (Lipinski definition) is 2. The molecule has 0 saturated carbocycles. The number of nitrogens with one attached hydrogen (secondary N) is 2. The van der Waals surface area contributed by atoms with Gasteiger partial charge in [0.05, 0.1) is 11.4 Å². The molecule has 0 aromatic carbocycles. The number of H-pyrrole nitrogens is 1. The van der Waals surface area contributed by atoms with Crippen molar-refractivity contribution in [2.24, 2.45) is 5.92 Å². The first-order valence-electron chi connectivity index (χ1n) is 10.3. The molecule has 0 aliphatic carbocycles. The van der Waals surface area contributed by atoms with Gasteiger partial charge in [0, 0.05) is 18.0 Å². The lowest BCUT2D eigenvalue weighted by Crippen LogP contribution is -2.43. The van der Waals surface area contributed by atoms with Crippen molar-refractivity contribution in [3.8, 4) is 0 Å². The molecule has 1 aliphatic rings. The van der Waals surface area contributed by atoms with Gasteiger partial charge in [0.1, 0.15) is 16.3 Å². The van der Waals surface area contributed by atoms with E-state index in [9.17, 15) is 9.59 Å². The summed E-state index contributed by atoms with van der Waals surface area (Å²) in [6.07, 6.45) is 1.74. The summed E-state index contributed by atoms with van der Waals surface area (Å²) in [5.41, 5.74) is 0.467. The minimum atomic E-state index is -0.494. The van der Waals surface area contributed by atoms with Crippen LogP contribution in [0.4, 0.5) is 4.79 Å². The number of thiophene rings is 1. The Hall–Kier alpha value is -1.93. The first kappa shape index (κ1) is 21.8. The van der Waals surface area contributed by atoms with Crippen LogP contribution >= 0.6 is 11.3 Å². The molecule has 3 rings (SSSR count). The van der Waals surface area contributed by atoms with Crippen molar-refractivity contribution < 1.29 is 9.53 Å². The molecular formula is C21H32N4O3S. The van der Waals surface area contributed by atoms with Gasteiger partial charge >= 0.3 is 6.09 Å². The van der Waals surface area contributed by atoms with Crippen LogP contribution in [-0.2, 0) is 4.74 Å². The van der Waals surface area contributed by atoms with E-state index in [4.69, 9.17) is 9.72 Å². The minimum absolute atomic E-state index is 0.0131. The van der Waals surface area contributed by atoms with Crippen LogP contribution in [0.5, 0.6) is 0 Å². The Morgan fingerprint density at radius 3 is 2.83 bits per heavy atom. The van der Waals surface area contributed by atoms with Gasteiger partial charge in [0.25, 0.3) is 5.56 Å². The summed E-state index contributed by atoms with van der Waals surface area (Å²) in [4.78, 5) is 36.6. The molecule has 3 heterocycles. The maximum atomic E-state index is 12.6. The van der Waals surface area contributed by atoms with Crippen LogP contribution in [-0.4, -0.2) is 46.2 Å². The summed E-state index contributed by atoms with van der Waals surface area (Å²) in [6.45, 7) is 14.0. The fraction of sp³-hybridized carbons (Fsp3) is 0.667. The third-order valence-electron chi connectivity index (χ3n) is 5.49. The molecule has 2 aromatic rings. The van der Waals surface area contributed by atoms with E-state index in [1.165, 1.54) is 0 Å². The summed E-state index contributed by atoms with van der Waals surface area (Å²) in [5, 5.41) is 3.60. The first-order valence-corrected chi connectivity index (χ1v) is 11.1. The first-order chi connectivity index (χ1) is 13.5. The highest BCUT2D eigenvalue weighted by Gasteiger charge is 2.27. The van der Waals surface area contributed by atoms with E-state index in [0.29, 0.717) is 23.7 Å². The smallest absolute Gasteiger partial charge is 0.407 e. The van der Waals surface area contributed by atoms with Gasteiger partial charge in [-0.2, -0.15) is 0 Å². The van der Waals surface area contributed by atoms with Crippen molar-refractivity contribution in [3.63, 3.8) is 0 Å². The fourth-order valence-corrected chi connectivity index (χ4v) is 4.84. The summed E-state index contributed by atoms with van der Waals surface area (Å²) in [7, 11) is 0. The molecule has 29 heavy (non-hydrogen) atoms. The molecule has 160 valence electrons. The minimum Gasteiger partial charge on any atom is -0.444 e. The van der Waals surface area contributed by atoms with E-state index in [1.54, 1.807) is 11.3 Å². The highest BCUT2D eigenvalue weighted by atomic mass is 32.1. The average molecular weight is 421 g/mol. The van der Waals surface area contributed by atoms with Gasteiger partial charge in [-0.15, -0.1) is 11.3 Å². The topological polar surface area (TPSA) is 87.3 Å².